The van der Waals surface area contributed by atoms with E-state index in [2.05, 4.69) is 34.3 Å². The van der Waals surface area contributed by atoms with Crippen molar-refractivity contribution in [3.63, 3.8) is 0 Å². The highest BCUT2D eigenvalue weighted by Crippen LogP contribution is 2.32. The normalized spacial score (nSPS) is 19.4. The second-order valence-electron chi connectivity index (χ2n) is 5.51. The molecule has 1 aromatic rings. The van der Waals surface area contributed by atoms with Gasteiger partial charge in [-0.05, 0) is 24.7 Å². The van der Waals surface area contributed by atoms with Gasteiger partial charge in [0.05, 0.1) is 0 Å². The summed E-state index contributed by atoms with van der Waals surface area (Å²) in [7, 11) is 2.19. The Balaban J connectivity index is 1.37. The minimum absolute atomic E-state index is 0.343. The molecule has 0 spiro atoms. The lowest BCUT2D eigenvalue weighted by molar-refractivity contribution is 0.154. The summed E-state index contributed by atoms with van der Waals surface area (Å²) in [5.74, 6) is 1.72. The molecule has 0 bridgehead atoms. The van der Waals surface area contributed by atoms with E-state index in [1.807, 2.05) is 6.07 Å². The molecule has 2 aliphatic rings. The van der Waals surface area contributed by atoms with Crippen molar-refractivity contribution in [2.45, 2.75) is 6.54 Å². The smallest absolute Gasteiger partial charge is 0.231 e. The van der Waals surface area contributed by atoms with Crippen LogP contribution in [0.2, 0.25) is 0 Å². The van der Waals surface area contributed by atoms with Crippen molar-refractivity contribution in [1.29, 1.82) is 0 Å². The molecule has 5 heteroatoms. The van der Waals surface area contributed by atoms with E-state index in [1.165, 1.54) is 31.7 Å². The summed E-state index contributed by atoms with van der Waals surface area (Å²) in [5, 5.41) is 3.50. The molecule has 0 radical (unpaired) electrons. The average molecular weight is 277 g/mol. The number of hydrogen-bond acceptors (Lipinski definition) is 5. The van der Waals surface area contributed by atoms with Crippen LogP contribution in [0.15, 0.2) is 18.2 Å². The molecule has 0 amide bonds. The van der Waals surface area contributed by atoms with Gasteiger partial charge in [-0.2, -0.15) is 0 Å². The van der Waals surface area contributed by atoms with E-state index in [-0.39, 0.29) is 0 Å². The number of nitrogens with one attached hydrogen (secondary N) is 1. The molecule has 3 rings (SSSR count). The SMILES string of the molecule is CN1CCN(CCNCc2ccc3c(c2)OCO3)CC1. The molecule has 0 aliphatic carbocycles. The largest absolute Gasteiger partial charge is 0.454 e. The topological polar surface area (TPSA) is 37.0 Å². The predicted molar refractivity (Wildman–Crippen MR) is 78.2 cm³/mol. The zero-order chi connectivity index (χ0) is 13.8. The van der Waals surface area contributed by atoms with Gasteiger partial charge in [0.2, 0.25) is 6.79 Å². The monoisotopic (exact) mass is 277 g/mol. The van der Waals surface area contributed by atoms with Crippen LogP contribution in [0.25, 0.3) is 0 Å². The first-order valence-corrected chi connectivity index (χ1v) is 7.31. The van der Waals surface area contributed by atoms with E-state index in [1.54, 1.807) is 0 Å². The van der Waals surface area contributed by atoms with Crippen LogP contribution in [0.3, 0.4) is 0 Å². The number of fused-ring (bicyclic) bond motifs is 1. The van der Waals surface area contributed by atoms with Gasteiger partial charge < -0.3 is 19.7 Å². The first kappa shape index (κ1) is 13.7. The molecular weight excluding hydrogens is 254 g/mol. The minimum atomic E-state index is 0.343. The second kappa shape index (κ2) is 6.43. The van der Waals surface area contributed by atoms with Crippen LogP contribution < -0.4 is 14.8 Å². The van der Waals surface area contributed by atoms with E-state index in [9.17, 15) is 0 Å². The standard InChI is InChI=1S/C15H23N3O2/c1-17-6-8-18(9-7-17)5-4-16-11-13-2-3-14-15(10-13)20-12-19-14/h2-3,10,16H,4-9,11-12H2,1H3. The fourth-order valence-corrected chi connectivity index (χ4v) is 2.59. The number of likely N-dealkylation sites (N-methyl/N-ethyl adjacent to an activating group) is 1. The molecule has 2 aliphatic heterocycles. The molecule has 1 fully saturated rings. The molecule has 0 atom stereocenters. The molecular formula is C15H23N3O2. The number of rotatable bonds is 5. The lowest BCUT2D eigenvalue weighted by Gasteiger charge is -2.32. The molecule has 2 heterocycles. The van der Waals surface area contributed by atoms with Gasteiger partial charge in [0, 0.05) is 45.8 Å². The Hall–Kier alpha value is -1.30. The van der Waals surface area contributed by atoms with Crippen molar-refractivity contribution in [2.24, 2.45) is 0 Å². The molecule has 1 aromatic carbocycles. The first-order chi connectivity index (χ1) is 9.81. The molecule has 110 valence electrons. The third-order valence-electron chi connectivity index (χ3n) is 3.97. The van der Waals surface area contributed by atoms with Crippen LogP contribution in [0.4, 0.5) is 0 Å². The second-order valence-corrected chi connectivity index (χ2v) is 5.51. The minimum Gasteiger partial charge on any atom is -0.454 e. The molecule has 1 N–H and O–H groups in total. The number of benzene rings is 1. The lowest BCUT2D eigenvalue weighted by atomic mass is 10.2. The van der Waals surface area contributed by atoms with Gasteiger partial charge >= 0.3 is 0 Å². The van der Waals surface area contributed by atoms with E-state index in [0.29, 0.717) is 6.79 Å². The van der Waals surface area contributed by atoms with Crippen LogP contribution in [0.5, 0.6) is 11.5 Å². The summed E-state index contributed by atoms with van der Waals surface area (Å²) < 4.78 is 10.7. The zero-order valence-corrected chi connectivity index (χ0v) is 12.1. The third-order valence-corrected chi connectivity index (χ3v) is 3.97. The van der Waals surface area contributed by atoms with E-state index in [4.69, 9.17) is 9.47 Å². The van der Waals surface area contributed by atoms with E-state index >= 15 is 0 Å². The van der Waals surface area contributed by atoms with E-state index in [0.717, 1.165) is 31.1 Å². The van der Waals surface area contributed by atoms with Crippen LogP contribution in [0.1, 0.15) is 5.56 Å². The number of ether oxygens (including phenoxy) is 2. The molecule has 5 nitrogen and oxygen atoms in total. The Kier molecular flexibility index (Phi) is 4.40. The van der Waals surface area contributed by atoms with Gasteiger partial charge in [0.15, 0.2) is 11.5 Å². The van der Waals surface area contributed by atoms with Crippen molar-refractivity contribution in [3.05, 3.63) is 23.8 Å². The summed E-state index contributed by atoms with van der Waals surface area (Å²) >= 11 is 0. The Bertz CT molecular complexity index is 445. The summed E-state index contributed by atoms with van der Waals surface area (Å²) in [6.45, 7) is 8.10. The lowest BCUT2D eigenvalue weighted by Crippen LogP contribution is -2.46. The van der Waals surface area contributed by atoms with Crippen molar-refractivity contribution in [2.75, 3.05) is 53.1 Å². The zero-order valence-electron chi connectivity index (χ0n) is 12.1. The maximum atomic E-state index is 5.39. The average Bonchev–Trinajstić information content (AvgIpc) is 2.93. The third kappa shape index (κ3) is 3.42. The quantitative estimate of drug-likeness (QED) is 0.804. The predicted octanol–water partition coefficient (Wildman–Crippen LogP) is 0.752. The molecule has 1 saturated heterocycles. The van der Waals surface area contributed by atoms with Gasteiger partial charge in [-0.3, -0.25) is 4.90 Å². The van der Waals surface area contributed by atoms with Gasteiger partial charge in [-0.25, -0.2) is 0 Å². The molecule has 0 unspecified atom stereocenters. The van der Waals surface area contributed by atoms with Crippen LogP contribution in [-0.4, -0.2) is 62.9 Å². The molecule has 0 aromatic heterocycles. The molecule has 20 heavy (non-hydrogen) atoms. The maximum absolute atomic E-state index is 5.39. The number of piperazine rings is 1. The van der Waals surface area contributed by atoms with Gasteiger partial charge in [0.25, 0.3) is 0 Å². The number of hydrogen-bond donors (Lipinski definition) is 1. The van der Waals surface area contributed by atoms with Crippen molar-refractivity contribution in [1.82, 2.24) is 15.1 Å². The summed E-state index contributed by atoms with van der Waals surface area (Å²) in [6.07, 6.45) is 0. The summed E-state index contributed by atoms with van der Waals surface area (Å²) in [4.78, 5) is 4.91. The highest BCUT2D eigenvalue weighted by Gasteiger charge is 2.14. The summed E-state index contributed by atoms with van der Waals surface area (Å²) in [6, 6.07) is 6.14. The first-order valence-electron chi connectivity index (χ1n) is 7.31. The Morgan fingerprint density at radius 3 is 2.75 bits per heavy atom. The Morgan fingerprint density at radius 2 is 1.90 bits per heavy atom. The molecule has 0 saturated carbocycles. The maximum Gasteiger partial charge on any atom is 0.231 e. The Labute approximate surface area is 120 Å². The highest BCUT2D eigenvalue weighted by atomic mass is 16.7. The highest BCUT2D eigenvalue weighted by molar-refractivity contribution is 5.44. The summed E-state index contributed by atoms with van der Waals surface area (Å²) in [5.41, 5.74) is 1.24. The van der Waals surface area contributed by atoms with E-state index < -0.39 is 0 Å². The fourth-order valence-electron chi connectivity index (χ4n) is 2.59. The van der Waals surface area contributed by atoms with Crippen LogP contribution in [0, 0.1) is 0 Å². The van der Waals surface area contributed by atoms with Gasteiger partial charge in [-0.15, -0.1) is 0 Å². The van der Waals surface area contributed by atoms with Crippen LogP contribution in [-0.2, 0) is 6.54 Å². The van der Waals surface area contributed by atoms with Crippen molar-refractivity contribution < 1.29 is 9.47 Å². The number of nitrogens with zero attached hydrogens (tertiary/aromatic N) is 2. The van der Waals surface area contributed by atoms with Crippen molar-refractivity contribution >= 4 is 0 Å². The van der Waals surface area contributed by atoms with Gasteiger partial charge in [-0.1, -0.05) is 6.07 Å². The van der Waals surface area contributed by atoms with Crippen LogP contribution >= 0.6 is 0 Å². The van der Waals surface area contributed by atoms with Gasteiger partial charge in [0.1, 0.15) is 0 Å². The fraction of sp³-hybridized carbons (Fsp3) is 0.600. The van der Waals surface area contributed by atoms with Crippen molar-refractivity contribution in [3.8, 4) is 11.5 Å². The Morgan fingerprint density at radius 1 is 1.10 bits per heavy atom.